The molecule has 5 heterocycles. The fraction of sp³-hybridized carbons (Fsp3) is 0.370. The maximum Gasteiger partial charge on any atom is 0.255 e. The molecule has 0 radical (unpaired) electrons. The molecule has 0 saturated carbocycles. The first-order chi connectivity index (χ1) is 27.2. The summed E-state index contributed by atoms with van der Waals surface area (Å²) >= 11 is 1.78. The number of benzene rings is 4. The minimum atomic E-state index is -0.586. The van der Waals surface area contributed by atoms with Crippen molar-refractivity contribution in [3.8, 4) is 27.7 Å². The lowest BCUT2D eigenvalue weighted by molar-refractivity contribution is -0.136. The maximum absolute atomic E-state index is 13.1. The summed E-state index contributed by atoms with van der Waals surface area (Å²) in [7, 11) is 0. The molecule has 3 fully saturated rings. The number of hydrogen-bond acceptors (Lipinski definition) is 8. The molecule has 10 heteroatoms. The van der Waals surface area contributed by atoms with Gasteiger partial charge < -0.3 is 24.2 Å². The van der Waals surface area contributed by atoms with E-state index in [4.69, 9.17) is 9.47 Å². The average Bonchev–Trinajstić information content (AvgIpc) is 3.72. The molecule has 1 atom stereocenters. The van der Waals surface area contributed by atoms with Gasteiger partial charge in [-0.05, 0) is 123 Å². The molecule has 0 bridgehead atoms. The lowest BCUT2D eigenvalue weighted by atomic mass is 9.94. The minimum absolute atomic E-state index is 0.122. The Morgan fingerprint density at radius 3 is 2.25 bits per heavy atom. The van der Waals surface area contributed by atoms with Crippen LogP contribution in [0.1, 0.15) is 65.6 Å². The van der Waals surface area contributed by atoms with Crippen LogP contribution in [0.4, 0.5) is 5.69 Å². The van der Waals surface area contributed by atoms with Crippen LogP contribution in [0.15, 0.2) is 84.9 Å². The number of rotatable bonds is 9. The summed E-state index contributed by atoms with van der Waals surface area (Å²) in [4.78, 5) is 45.0. The molecular weight excluding hydrogens is 721 g/mol. The smallest absolute Gasteiger partial charge is 0.255 e. The summed E-state index contributed by atoms with van der Waals surface area (Å²) < 4.78 is 14.3. The van der Waals surface area contributed by atoms with Crippen molar-refractivity contribution in [3.63, 3.8) is 0 Å². The fourth-order valence-corrected chi connectivity index (χ4v) is 10.0. The van der Waals surface area contributed by atoms with Crippen molar-refractivity contribution in [2.45, 2.75) is 71.1 Å². The van der Waals surface area contributed by atoms with E-state index in [1.54, 1.807) is 16.2 Å². The van der Waals surface area contributed by atoms with Gasteiger partial charge in [0.05, 0.1) is 4.88 Å². The van der Waals surface area contributed by atoms with Crippen LogP contribution in [0.3, 0.4) is 0 Å². The van der Waals surface area contributed by atoms with Crippen LogP contribution in [0.25, 0.3) is 20.5 Å². The minimum Gasteiger partial charge on any atom is -0.490 e. The van der Waals surface area contributed by atoms with Gasteiger partial charge >= 0.3 is 0 Å². The zero-order valence-electron chi connectivity index (χ0n) is 32.1. The van der Waals surface area contributed by atoms with Gasteiger partial charge in [-0.2, -0.15) is 0 Å². The Kier molecular flexibility index (Phi) is 10.0. The first kappa shape index (κ1) is 36.4. The van der Waals surface area contributed by atoms with Crippen molar-refractivity contribution in [3.05, 3.63) is 107 Å². The Hall–Kier alpha value is -5.19. The van der Waals surface area contributed by atoms with Gasteiger partial charge in [-0.3, -0.25) is 19.7 Å². The van der Waals surface area contributed by atoms with Crippen LogP contribution in [-0.4, -0.2) is 72.4 Å². The normalized spacial score (nSPS) is 19.8. The topological polar surface area (TPSA) is 91.4 Å². The molecule has 4 aliphatic heterocycles. The molecular formula is C46H48N4O5S. The number of nitrogens with one attached hydrogen (secondary N) is 1. The standard InChI is InChI=1S/C46H48N4O5S/c1-29-3-6-32(7-4-29)44-43(39-13-5-30(2)25-41(39)56-44)55-36-11-9-35(10-12-36)54-37-19-21-48(22-20-37)27-31-17-23-49(24-18-31)34-8-14-38-33(26-34)28-50(46(38)53)40-15-16-42(51)47-45(40)52/h3-14,25-26,31,37,40H,15-24,27-28H2,1-2H3,(H,47,51,52). The summed E-state index contributed by atoms with van der Waals surface area (Å²) in [5.74, 6) is 2.48. The van der Waals surface area contributed by atoms with Crippen molar-refractivity contribution in [2.75, 3.05) is 37.6 Å². The molecule has 1 N–H and O–H groups in total. The maximum atomic E-state index is 13.1. The Morgan fingerprint density at radius 2 is 1.50 bits per heavy atom. The molecule has 288 valence electrons. The number of piperidine rings is 3. The molecule has 9 nitrogen and oxygen atoms in total. The van der Waals surface area contributed by atoms with Gasteiger partial charge in [-0.1, -0.05) is 35.9 Å². The molecule has 1 unspecified atom stereocenters. The number of likely N-dealkylation sites (tertiary alicyclic amines) is 1. The van der Waals surface area contributed by atoms with Gasteiger partial charge in [-0.15, -0.1) is 11.3 Å². The summed E-state index contributed by atoms with van der Waals surface area (Å²) in [6.45, 7) is 9.83. The predicted octanol–water partition coefficient (Wildman–Crippen LogP) is 8.50. The van der Waals surface area contributed by atoms with Crippen LogP contribution >= 0.6 is 11.3 Å². The van der Waals surface area contributed by atoms with Crippen molar-refractivity contribution < 1.29 is 23.9 Å². The molecule has 5 aromatic rings. The Bertz CT molecular complexity index is 2270. The van der Waals surface area contributed by atoms with Gasteiger partial charge in [0.2, 0.25) is 11.8 Å². The molecule has 4 aromatic carbocycles. The third-order valence-corrected chi connectivity index (χ3v) is 13.2. The zero-order valence-corrected chi connectivity index (χ0v) is 32.9. The lowest BCUT2D eigenvalue weighted by Crippen LogP contribution is -2.52. The van der Waals surface area contributed by atoms with E-state index in [-0.39, 0.29) is 30.2 Å². The molecule has 3 saturated heterocycles. The number of amides is 3. The van der Waals surface area contributed by atoms with Gasteiger partial charge in [0.25, 0.3) is 5.91 Å². The highest BCUT2D eigenvalue weighted by molar-refractivity contribution is 7.22. The van der Waals surface area contributed by atoms with Crippen molar-refractivity contribution in [2.24, 2.45) is 5.92 Å². The number of anilines is 1. The van der Waals surface area contributed by atoms with E-state index >= 15 is 0 Å². The quantitative estimate of drug-likeness (QED) is 0.151. The number of ether oxygens (including phenoxy) is 2. The largest absolute Gasteiger partial charge is 0.490 e. The number of fused-ring (bicyclic) bond motifs is 2. The molecule has 0 aliphatic carbocycles. The first-order valence-corrected chi connectivity index (χ1v) is 20.9. The van der Waals surface area contributed by atoms with E-state index in [2.05, 4.69) is 77.5 Å². The number of carbonyl (C=O) groups excluding carboxylic acids is 3. The van der Waals surface area contributed by atoms with E-state index in [0.29, 0.717) is 24.4 Å². The van der Waals surface area contributed by atoms with Gasteiger partial charge in [0.1, 0.15) is 23.6 Å². The second kappa shape index (κ2) is 15.4. The van der Waals surface area contributed by atoms with E-state index < -0.39 is 6.04 Å². The summed E-state index contributed by atoms with van der Waals surface area (Å²) in [6, 6.07) is 28.8. The third-order valence-electron chi connectivity index (χ3n) is 12.0. The second-order valence-corrected chi connectivity index (χ2v) is 17.0. The van der Waals surface area contributed by atoms with Gasteiger partial charge in [-0.25, -0.2) is 0 Å². The molecule has 1 aromatic heterocycles. The van der Waals surface area contributed by atoms with E-state index in [1.165, 1.54) is 21.4 Å². The summed E-state index contributed by atoms with van der Waals surface area (Å²) in [5.41, 5.74) is 6.41. The second-order valence-electron chi connectivity index (χ2n) is 16.0. The third kappa shape index (κ3) is 7.52. The van der Waals surface area contributed by atoms with Crippen molar-refractivity contribution in [1.82, 2.24) is 15.1 Å². The Balaban J connectivity index is 0.746. The van der Waals surface area contributed by atoms with Crippen LogP contribution in [0.2, 0.25) is 0 Å². The van der Waals surface area contributed by atoms with Crippen LogP contribution in [0, 0.1) is 19.8 Å². The highest BCUT2D eigenvalue weighted by Crippen LogP contribution is 2.47. The Labute approximate surface area is 332 Å². The Morgan fingerprint density at radius 1 is 0.768 bits per heavy atom. The number of nitrogens with zero attached hydrogens (tertiary/aromatic N) is 3. The lowest BCUT2D eigenvalue weighted by Gasteiger charge is -2.38. The van der Waals surface area contributed by atoms with E-state index in [9.17, 15) is 14.4 Å². The number of aryl methyl sites for hydroxylation is 2. The van der Waals surface area contributed by atoms with Gasteiger partial charge in [0.15, 0.2) is 5.75 Å². The molecule has 4 aliphatic rings. The number of carbonyl (C=O) groups is 3. The highest BCUT2D eigenvalue weighted by Gasteiger charge is 2.39. The van der Waals surface area contributed by atoms with Crippen LogP contribution in [0.5, 0.6) is 17.2 Å². The van der Waals surface area contributed by atoms with E-state index in [1.807, 2.05) is 36.4 Å². The SMILES string of the molecule is Cc1ccc(-c2sc3cc(C)ccc3c2Oc2ccc(OC3CCN(CC4CCN(c5ccc6c(c5)CN(C5CCC(=O)NC5=O)C6=O)CC4)CC3)cc2)cc1. The number of imide groups is 1. The number of thiophene rings is 1. The summed E-state index contributed by atoms with van der Waals surface area (Å²) in [6.07, 6.45) is 5.15. The number of hydrogen-bond donors (Lipinski definition) is 1. The van der Waals surface area contributed by atoms with E-state index in [0.717, 1.165) is 97.2 Å². The van der Waals surface area contributed by atoms with Crippen LogP contribution in [-0.2, 0) is 16.1 Å². The molecule has 3 amide bonds. The van der Waals surface area contributed by atoms with Crippen LogP contribution < -0.4 is 19.7 Å². The van der Waals surface area contributed by atoms with Crippen molar-refractivity contribution in [1.29, 1.82) is 0 Å². The monoisotopic (exact) mass is 768 g/mol. The average molecular weight is 769 g/mol. The van der Waals surface area contributed by atoms with Gasteiger partial charge in [0, 0.05) is 67.0 Å². The molecule has 0 spiro atoms. The highest BCUT2D eigenvalue weighted by atomic mass is 32.1. The summed E-state index contributed by atoms with van der Waals surface area (Å²) in [5, 5.41) is 3.52. The fourth-order valence-electron chi connectivity index (χ4n) is 8.78. The molecule has 56 heavy (non-hydrogen) atoms. The zero-order chi connectivity index (χ0) is 38.3. The van der Waals surface area contributed by atoms with Crippen molar-refractivity contribution >= 4 is 44.8 Å². The predicted molar refractivity (Wildman–Crippen MR) is 221 cm³/mol. The first-order valence-electron chi connectivity index (χ1n) is 20.0. The molecule has 9 rings (SSSR count).